The van der Waals surface area contributed by atoms with Crippen LogP contribution in [-0.4, -0.2) is 55.3 Å². The fourth-order valence-electron chi connectivity index (χ4n) is 2.90. The maximum Gasteiger partial charge on any atom is 0.126 e. The quantitative estimate of drug-likeness (QED) is 0.0985. The number of rotatable bonds is 23. The van der Waals surface area contributed by atoms with Crippen molar-refractivity contribution in [2.45, 2.75) is 144 Å². The van der Waals surface area contributed by atoms with Crippen LogP contribution >= 0.6 is 0 Å². The molecule has 0 bridgehead atoms. The first-order valence-corrected chi connectivity index (χ1v) is 13.7. The Kier molecular flexibility index (Phi) is 19.6. The first-order chi connectivity index (χ1) is 16.1. The molecule has 8 nitrogen and oxygen atoms in total. The molecule has 206 valence electrons. The standard InChI is InChI=1S/C26H58N4O4/c1-11-14-16-17-19-31-30(10)25(29-34-26(8,9)13-3)24(28-33-23(7)21(4)5)20-27-32-22(6)18-15-12-2/h21-25,27-29H,11-20H2,1-10H3. The van der Waals surface area contributed by atoms with Crippen molar-refractivity contribution in [1.29, 1.82) is 0 Å². The van der Waals surface area contributed by atoms with Crippen LogP contribution in [0.4, 0.5) is 0 Å². The van der Waals surface area contributed by atoms with Crippen molar-refractivity contribution in [2.24, 2.45) is 5.92 Å². The molecule has 0 radical (unpaired) electrons. The average molecular weight is 491 g/mol. The van der Waals surface area contributed by atoms with Crippen LogP contribution in [0, 0.1) is 5.92 Å². The molecule has 0 saturated carbocycles. The van der Waals surface area contributed by atoms with Gasteiger partial charge in [0.15, 0.2) is 0 Å². The van der Waals surface area contributed by atoms with Crippen LogP contribution < -0.4 is 16.4 Å². The molecule has 0 fully saturated rings. The summed E-state index contributed by atoms with van der Waals surface area (Å²) >= 11 is 0. The minimum atomic E-state index is -0.310. The molecule has 4 unspecified atom stereocenters. The van der Waals surface area contributed by atoms with Gasteiger partial charge < -0.3 is 0 Å². The molecule has 4 atom stereocenters. The second kappa shape index (κ2) is 19.8. The van der Waals surface area contributed by atoms with Crippen molar-refractivity contribution in [3.05, 3.63) is 0 Å². The predicted octanol–water partition coefficient (Wildman–Crippen LogP) is 5.50. The van der Waals surface area contributed by atoms with Gasteiger partial charge in [-0.25, -0.2) is 5.48 Å². The van der Waals surface area contributed by atoms with Crippen molar-refractivity contribution >= 4 is 0 Å². The molecule has 0 aliphatic heterocycles. The molecule has 8 heteroatoms. The third kappa shape index (κ3) is 16.4. The van der Waals surface area contributed by atoms with Crippen LogP contribution in [0.3, 0.4) is 0 Å². The highest BCUT2D eigenvalue weighted by Crippen LogP contribution is 2.14. The zero-order valence-electron chi connectivity index (χ0n) is 24.0. The topological polar surface area (TPSA) is 76.3 Å². The Morgan fingerprint density at radius 1 is 0.853 bits per heavy atom. The van der Waals surface area contributed by atoms with Crippen LogP contribution in [0.15, 0.2) is 0 Å². The van der Waals surface area contributed by atoms with E-state index in [1.54, 1.807) is 0 Å². The Labute approximate surface area is 211 Å². The number of nitrogens with one attached hydrogen (secondary N) is 3. The Morgan fingerprint density at radius 2 is 1.53 bits per heavy atom. The average Bonchev–Trinajstić information content (AvgIpc) is 2.80. The highest BCUT2D eigenvalue weighted by atomic mass is 16.7. The van der Waals surface area contributed by atoms with Crippen LogP contribution in [0.1, 0.15) is 114 Å². The molecule has 0 saturated heterocycles. The van der Waals surface area contributed by atoms with Crippen LogP contribution in [0.5, 0.6) is 0 Å². The van der Waals surface area contributed by atoms with Gasteiger partial charge in [0.25, 0.3) is 0 Å². The molecule has 0 aliphatic carbocycles. The molecule has 0 aromatic rings. The van der Waals surface area contributed by atoms with Crippen LogP contribution in [0.25, 0.3) is 0 Å². The molecule has 0 rings (SSSR count). The summed E-state index contributed by atoms with van der Waals surface area (Å²) < 4.78 is 0. The Bertz CT molecular complexity index is 468. The number of hydrogen-bond donors (Lipinski definition) is 3. The second-order valence-electron chi connectivity index (χ2n) is 10.4. The smallest absolute Gasteiger partial charge is 0.126 e. The molecule has 0 amide bonds. The largest absolute Gasteiger partial charge is 0.299 e. The summed E-state index contributed by atoms with van der Waals surface area (Å²) in [5.41, 5.74) is 9.36. The zero-order chi connectivity index (χ0) is 26.0. The Balaban J connectivity index is 5.30. The van der Waals surface area contributed by atoms with Gasteiger partial charge in [0.2, 0.25) is 0 Å². The van der Waals surface area contributed by atoms with E-state index in [0.717, 1.165) is 32.1 Å². The molecule has 3 N–H and O–H groups in total. The fraction of sp³-hybridized carbons (Fsp3) is 1.00. The first-order valence-electron chi connectivity index (χ1n) is 13.7. The van der Waals surface area contributed by atoms with E-state index in [0.29, 0.717) is 19.1 Å². The fourth-order valence-corrected chi connectivity index (χ4v) is 2.90. The maximum atomic E-state index is 6.09. The summed E-state index contributed by atoms with van der Waals surface area (Å²) in [5, 5.41) is 1.83. The summed E-state index contributed by atoms with van der Waals surface area (Å²) in [7, 11) is 1.94. The molecule has 0 heterocycles. The summed E-state index contributed by atoms with van der Waals surface area (Å²) in [6, 6.07) is -0.201. The van der Waals surface area contributed by atoms with Gasteiger partial charge in [-0.3, -0.25) is 19.4 Å². The highest BCUT2D eigenvalue weighted by Gasteiger charge is 2.30. The minimum absolute atomic E-state index is 0.0563. The van der Waals surface area contributed by atoms with Crippen LogP contribution in [0.2, 0.25) is 0 Å². The van der Waals surface area contributed by atoms with E-state index >= 15 is 0 Å². The molecular formula is C26H58N4O4. The van der Waals surface area contributed by atoms with Crippen molar-refractivity contribution < 1.29 is 19.4 Å². The van der Waals surface area contributed by atoms with Crippen molar-refractivity contribution in [1.82, 2.24) is 21.5 Å². The lowest BCUT2D eigenvalue weighted by Gasteiger charge is -2.37. The van der Waals surface area contributed by atoms with Crippen molar-refractivity contribution in [2.75, 3.05) is 20.2 Å². The minimum Gasteiger partial charge on any atom is -0.299 e. The van der Waals surface area contributed by atoms with Gasteiger partial charge in [-0.05, 0) is 52.9 Å². The number of hydrogen-bond acceptors (Lipinski definition) is 8. The van der Waals surface area contributed by atoms with Gasteiger partial charge in [0, 0.05) is 13.6 Å². The Hall–Kier alpha value is -0.320. The molecule has 34 heavy (non-hydrogen) atoms. The van der Waals surface area contributed by atoms with Gasteiger partial charge in [0.1, 0.15) is 6.17 Å². The highest BCUT2D eigenvalue weighted by molar-refractivity contribution is 4.77. The van der Waals surface area contributed by atoms with Gasteiger partial charge in [0.05, 0.1) is 30.5 Å². The monoisotopic (exact) mass is 490 g/mol. The summed E-state index contributed by atoms with van der Waals surface area (Å²) in [4.78, 5) is 24.1. The summed E-state index contributed by atoms with van der Waals surface area (Å²) in [5.74, 6) is 0.389. The van der Waals surface area contributed by atoms with E-state index < -0.39 is 0 Å². The van der Waals surface area contributed by atoms with Crippen molar-refractivity contribution in [3.8, 4) is 0 Å². The lowest BCUT2D eigenvalue weighted by atomic mass is 10.1. The summed E-state index contributed by atoms with van der Waals surface area (Å²) in [6.07, 6.45) is 8.75. The second-order valence-corrected chi connectivity index (χ2v) is 10.4. The van der Waals surface area contributed by atoms with Gasteiger partial charge in [-0.2, -0.15) is 16.0 Å². The normalized spacial score (nSPS) is 16.2. The van der Waals surface area contributed by atoms with Gasteiger partial charge in [-0.15, -0.1) is 0 Å². The van der Waals surface area contributed by atoms with E-state index in [2.05, 4.69) is 78.8 Å². The van der Waals surface area contributed by atoms with E-state index in [-0.39, 0.29) is 30.0 Å². The third-order valence-corrected chi connectivity index (χ3v) is 6.27. The van der Waals surface area contributed by atoms with Gasteiger partial charge in [-0.1, -0.05) is 66.7 Å². The summed E-state index contributed by atoms with van der Waals surface area (Å²) in [6.45, 7) is 20.3. The number of likely N-dealkylation sites (N-methyl/N-ethyl adjacent to an activating group) is 1. The number of unbranched alkanes of at least 4 members (excludes halogenated alkanes) is 4. The van der Waals surface area contributed by atoms with Crippen LogP contribution in [-0.2, 0) is 19.4 Å². The number of nitrogens with zero attached hydrogens (tertiary/aromatic N) is 1. The third-order valence-electron chi connectivity index (χ3n) is 6.27. The molecule has 0 aliphatic rings. The van der Waals surface area contributed by atoms with E-state index in [4.69, 9.17) is 19.4 Å². The zero-order valence-corrected chi connectivity index (χ0v) is 24.0. The lowest BCUT2D eigenvalue weighted by molar-refractivity contribution is -0.238. The van der Waals surface area contributed by atoms with E-state index in [1.807, 2.05) is 12.1 Å². The molecular weight excluding hydrogens is 432 g/mol. The maximum absolute atomic E-state index is 6.09. The number of hydroxylamine groups is 5. The van der Waals surface area contributed by atoms with Crippen molar-refractivity contribution in [3.63, 3.8) is 0 Å². The molecule has 0 aromatic heterocycles. The molecule has 0 spiro atoms. The van der Waals surface area contributed by atoms with Gasteiger partial charge >= 0.3 is 0 Å². The Morgan fingerprint density at radius 3 is 2.12 bits per heavy atom. The first kappa shape index (κ1) is 33.7. The van der Waals surface area contributed by atoms with E-state index in [1.165, 1.54) is 19.3 Å². The van der Waals surface area contributed by atoms with E-state index in [9.17, 15) is 0 Å². The molecule has 0 aromatic carbocycles. The lowest BCUT2D eigenvalue weighted by Crippen LogP contribution is -2.61. The predicted molar refractivity (Wildman–Crippen MR) is 141 cm³/mol. The SMILES string of the molecule is CCCCCCON(C)C(NOC(C)(C)CC)C(CNOC(C)CCCC)NOC(C)C(C)C.